The zero-order valence-electron chi connectivity index (χ0n) is 6.67. The van der Waals surface area contributed by atoms with E-state index in [-0.39, 0.29) is 6.42 Å². The van der Waals surface area contributed by atoms with Crippen molar-refractivity contribution in [1.29, 1.82) is 0 Å². The maximum absolute atomic E-state index is 11.5. The second-order valence-corrected chi connectivity index (χ2v) is 2.43. The summed E-state index contributed by atoms with van der Waals surface area (Å²) in [6.07, 6.45) is -3.80. The quantitative estimate of drug-likeness (QED) is 0.623. The van der Waals surface area contributed by atoms with E-state index < -0.39 is 12.6 Å². The molecule has 0 aliphatic carbocycles. The van der Waals surface area contributed by atoms with E-state index in [0.29, 0.717) is 13.0 Å². The lowest BCUT2D eigenvalue weighted by molar-refractivity contribution is -0.135. The average Bonchev–Trinajstić information content (AvgIpc) is 1.85. The summed E-state index contributed by atoms with van der Waals surface area (Å²) in [6, 6.07) is 0. The highest BCUT2D eigenvalue weighted by Crippen LogP contribution is 2.21. The Balaban J connectivity index is 3.02. The van der Waals surface area contributed by atoms with Crippen LogP contribution in [0.15, 0.2) is 0 Å². The maximum atomic E-state index is 11.5. The smallest absolute Gasteiger partial charge is 0.317 e. The van der Waals surface area contributed by atoms with Crippen molar-refractivity contribution in [2.45, 2.75) is 32.4 Å². The Morgan fingerprint density at radius 3 is 2.27 bits per heavy atom. The summed E-state index contributed by atoms with van der Waals surface area (Å²) in [5.74, 6) is 0. The van der Waals surface area contributed by atoms with Crippen molar-refractivity contribution in [2.75, 3.05) is 13.1 Å². The van der Waals surface area contributed by atoms with E-state index >= 15 is 0 Å². The molecular weight excluding hydrogens is 155 g/mol. The fraction of sp³-hybridized carbons (Fsp3) is 1.00. The molecule has 4 heteroatoms. The van der Waals surface area contributed by atoms with Gasteiger partial charge in [0.2, 0.25) is 0 Å². The molecule has 0 saturated carbocycles. The van der Waals surface area contributed by atoms with Gasteiger partial charge in [0, 0.05) is 6.42 Å². The third kappa shape index (κ3) is 9.75. The van der Waals surface area contributed by atoms with Gasteiger partial charge in [-0.3, -0.25) is 0 Å². The summed E-state index contributed by atoms with van der Waals surface area (Å²) in [6.45, 7) is 3.45. The number of hydrogen-bond acceptors (Lipinski definition) is 1. The zero-order chi connectivity index (χ0) is 8.74. The van der Waals surface area contributed by atoms with Crippen molar-refractivity contribution in [3.63, 3.8) is 0 Å². The Morgan fingerprint density at radius 1 is 1.18 bits per heavy atom. The monoisotopic (exact) mass is 169 g/mol. The second-order valence-electron chi connectivity index (χ2n) is 2.43. The van der Waals surface area contributed by atoms with Crippen LogP contribution >= 0.6 is 0 Å². The Labute approximate surface area is 65.0 Å². The first kappa shape index (κ1) is 10.8. The lowest BCUT2D eigenvalue weighted by Crippen LogP contribution is -2.15. The summed E-state index contributed by atoms with van der Waals surface area (Å²) in [5.41, 5.74) is 0. The second kappa shape index (κ2) is 5.41. The molecule has 0 aromatic rings. The van der Waals surface area contributed by atoms with Gasteiger partial charge in [0.15, 0.2) is 0 Å². The molecule has 68 valence electrons. The van der Waals surface area contributed by atoms with Gasteiger partial charge < -0.3 is 5.32 Å². The molecule has 0 saturated heterocycles. The average molecular weight is 169 g/mol. The molecule has 0 aliphatic rings. The van der Waals surface area contributed by atoms with Crippen LogP contribution in [0.5, 0.6) is 0 Å². The number of alkyl halides is 3. The Morgan fingerprint density at radius 2 is 1.82 bits per heavy atom. The van der Waals surface area contributed by atoms with Crippen LogP contribution in [0.3, 0.4) is 0 Å². The molecule has 0 heterocycles. The molecule has 1 N–H and O–H groups in total. The zero-order valence-corrected chi connectivity index (χ0v) is 6.67. The van der Waals surface area contributed by atoms with Crippen molar-refractivity contribution in [3.8, 4) is 0 Å². The Kier molecular flexibility index (Phi) is 5.28. The first-order valence-electron chi connectivity index (χ1n) is 3.83. The highest BCUT2D eigenvalue weighted by molar-refractivity contribution is 4.52. The highest BCUT2D eigenvalue weighted by Gasteiger charge is 2.25. The number of rotatable bonds is 5. The third-order valence-electron chi connectivity index (χ3n) is 1.31. The van der Waals surface area contributed by atoms with Crippen LogP contribution in [0.25, 0.3) is 0 Å². The molecule has 0 rings (SSSR count). The lowest BCUT2D eigenvalue weighted by Gasteiger charge is -2.05. The van der Waals surface area contributed by atoms with Gasteiger partial charge in [-0.1, -0.05) is 6.92 Å². The van der Waals surface area contributed by atoms with Crippen LogP contribution in [0.1, 0.15) is 26.2 Å². The Hall–Kier alpha value is -0.250. The van der Waals surface area contributed by atoms with Crippen molar-refractivity contribution in [2.24, 2.45) is 0 Å². The molecule has 11 heavy (non-hydrogen) atoms. The minimum Gasteiger partial charge on any atom is -0.317 e. The summed E-state index contributed by atoms with van der Waals surface area (Å²) in [5, 5.41) is 2.97. The molecule has 0 atom stereocenters. The SMILES string of the molecule is CCNCCCCC(F)(F)F. The highest BCUT2D eigenvalue weighted by atomic mass is 19.4. The molecular formula is C7H14F3N. The summed E-state index contributed by atoms with van der Waals surface area (Å²) < 4.78 is 34.6. The van der Waals surface area contributed by atoms with E-state index in [1.807, 2.05) is 6.92 Å². The predicted molar refractivity (Wildman–Crippen MR) is 38.4 cm³/mol. The topological polar surface area (TPSA) is 12.0 Å². The standard InChI is InChI=1S/C7H14F3N/c1-2-11-6-4-3-5-7(8,9)10/h11H,2-6H2,1H3. The lowest BCUT2D eigenvalue weighted by atomic mass is 10.2. The van der Waals surface area contributed by atoms with E-state index in [9.17, 15) is 13.2 Å². The Bertz CT molecular complexity index is 90.2. The van der Waals surface area contributed by atoms with Gasteiger partial charge in [-0.05, 0) is 25.9 Å². The maximum Gasteiger partial charge on any atom is 0.389 e. The minimum atomic E-state index is -3.98. The predicted octanol–water partition coefficient (Wildman–Crippen LogP) is 2.33. The fourth-order valence-corrected chi connectivity index (χ4v) is 0.752. The molecule has 0 bridgehead atoms. The number of nitrogens with one attached hydrogen (secondary N) is 1. The van der Waals surface area contributed by atoms with Gasteiger partial charge >= 0.3 is 6.18 Å². The summed E-state index contributed by atoms with van der Waals surface area (Å²) >= 11 is 0. The fourth-order valence-electron chi connectivity index (χ4n) is 0.752. The van der Waals surface area contributed by atoms with Crippen LogP contribution in [0, 0.1) is 0 Å². The first-order valence-corrected chi connectivity index (χ1v) is 3.83. The third-order valence-corrected chi connectivity index (χ3v) is 1.31. The van der Waals surface area contributed by atoms with Crippen LogP contribution in [0.2, 0.25) is 0 Å². The van der Waals surface area contributed by atoms with E-state index in [4.69, 9.17) is 0 Å². The molecule has 0 amide bonds. The largest absolute Gasteiger partial charge is 0.389 e. The summed E-state index contributed by atoms with van der Waals surface area (Å²) in [4.78, 5) is 0. The van der Waals surface area contributed by atoms with Crippen molar-refractivity contribution in [3.05, 3.63) is 0 Å². The number of hydrogen-bond donors (Lipinski definition) is 1. The molecule has 0 radical (unpaired) electrons. The van der Waals surface area contributed by atoms with Gasteiger partial charge in [0.25, 0.3) is 0 Å². The van der Waals surface area contributed by atoms with E-state index in [1.54, 1.807) is 0 Å². The van der Waals surface area contributed by atoms with Crippen LogP contribution in [-0.4, -0.2) is 19.3 Å². The molecule has 0 unspecified atom stereocenters. The van der Waals surface area contributed by atoms with Crippen LogP contribution in [-0.2, 0) is 0 Å². The van der Waals surface area contributed by atoms with Crippen molar-refractivity contribution < 1.29 is 13.2 Å². The van der Waals surface area contributed by atoms with Gasteiger partial charge in [-0.25, -0.2) is 0 Å². The van der Waals surface area contributed by atoms with Crippen LogP contribution in [0.4, 0.5) is 13.2 Å². The van der Waals surface area contributed by atoms with E-state index in [0.717, 1.165) is 6.54 Å². The number of unbranched alkanes of at least 4 members (excludes halogenated alkanes) is 1. The first-order chi connectivity index (χ1) is 5.06. The van der Waals surface area contributed by atoms with Crippen molar-refractivity contribution in [1.82, 2.24) is 5.32 Å². The molecule has 0 fully saturated rings. The van der Waals surface area contributed by atoms with Gasteiger partial charge in [-0.15, -0.1) is 0 Å². The molecule has 0 aromatic carbocycles. The van der Waals surface area contributed by atoms with Crippen molar-refractivity contribution >= 4 is 0 Å². The normalized spacial score (nSPS) is 12.0. The van der Waals surface area contributed by atoms with Gasteiger partial charge in [0.1, 0.15) is 0 Å². The molecule has 1 nitrogen and oxygen atoms in total. The van der Waals surface area contributed by atoms with Gasteiger partial charge in [-0.2, -0.15) is 13.2 Å². The summed E-state index contributed by atoms with van der Waals surface area (Å²) in [7, 11) is 0. The molecule has 0 spiro atoms. The molecule has 0 aromatic heterocycles. The van der Waals surface area contributed by atoms with E-state index in [2.05, 4.69) is 5.32 Å². The van der Waals surface area contributed by atoms with Gasteiger partial charge in [0.05, 0.1) is 0 Å². The van der Waals surface area contributed by atoms with Crippen LogP contribution < -0.4 is 5.32 Å². The van der Waals surface area contributed by atoms with E-state index in [1.165, 1.54) is 0 Å². The molecule has 0 aliphatic heterocycles. The minimum absolute atomic E-state index is 0.233. The number of halogens is 3.